The second kappa shape index (κ2) is 16.6. The predicted molar refractivity (Wildman–Crippen MR) is 182 cm³/mol. The van der Waals surface area contributed by atoms with Crippen LogP contribution in [0.5, 0.6) is 0 Å². The van der Waals surface area contributed by atoms with Gasteiger partial charge in [0.05, 0.1) is 0 Å². The maximum Gasteiger partial charge on any atom is 0.408 e. The molecule has 11 heteroatoms. The van der Waals surface area contributed by atoms with Crippen molar-refractivity contribution in [2.45, 2.75) is 90.3 Å². The number of hydrogen-bond acceptors (Lipinski definition) is 7. The maximum atomic E-state index is 14.2. The number of alkyl carbamates (subject to hydrolysis) is 1. The van der Waals surface area contributed by atoms with Gasteiger partial charge in [-0.2, -0.15) is 0 Å². The lowest BCUT2D eigenvalue weighted by molar-refractivity contribution is -0.158. The monoisotopic (exact) mass is 658 g/mol. The molecule has 0 heterocycles. The highest BCUT2D eigenvalue weighted by molar-refractivity contribution is 5.97. The van der Waals surface area contributed by atoms with Crippen molar-refractivity contribution in [3.8, 4) is 0 Å². The van der Waals surface area contributed by atoms with Crippen LogP contribution < -0.4 is 21.3 Å². The predicted octanol–water partition coefficient (Wildman–Crippen LogP) is 4.36. The van der Waals surface area contributed by atoms with E-state index in [0.29, 0.717) is 0 Å². The Labute approximate surface area is 282 Å². The fourth-order valence-corrected chi connectivity index (χ4v) is 4.98. The summed E-state index contributed by atoms with van der Waals surface area (Å²) < 4.78 is 10.7. The van der Waals surface area contributed by atoms with Crippen molar-refractivity contribution in [1.29, 1.82) is 0 Å². The van der Waals surface area contributed by atoms with E-state index >= 15 is 0 Å². The van der Waals surface area contributed by atoms with Gasteiger partial charge in [0.25, 0.3) is 0 Å². The maximum absolute atomic E-state index is 14.2. The van der Waals surface area contributed by atoms with Crippen molar-refractivity contribution in [3.05, 3.63) is 108 Å². The molecule has 0 unspecified atom stereocenters. The van der Waals surface area contributed by atoms with Crippen LogP contribution in [0.15, 0.2) is 91.0 Å². The lowest BCUT2D eigenvalue weighted by atomic mass is 9.75. The summed E-state index contributed by atoms with van der Waals surface area (Å²) in [5, 5.41) is 10.7. The Kier molecular flexibility index (Phi) is 12.9. The van der Waals surface area contributed by atoms with Crippen molar-refractivity contribution >= 4 is 29.8 Å². The van der Waals surface area contributed by atoms with Crippen molar-refractivity contribution < 1.29 is 33.4 Å². The minimum atomic E-state index is -1.67. The first kappa shape index (κ1) is 37.3. The molecule has 48 heavy (non-hydrogen) atoms. The molecule has 3 rings (SSSR count). The molecular formula is C37H46N4O7. The van der Waals surface area contributed by atoms with Gasteiger partial charge < -0.3 is 30.7 Å². The molecule has 4 atom stereocenters. The van der Waals surface area contributed by atoms with Crippen LogP contribution in [0, 0.1) is 0 Å². The Balaban J connectivity index is 1.82. The summed E-state index contributed by atoms with van der Waals surface area (Å²) >= 11 is 0. The Hall–Kier alpha value is -5.19. The topological polar surface area (TPSA) is 152 Å². The number of carbonyl (C=O) groups is 5. The number of carbonyl (C=O) groups excluding carboxylic acids is 5. The minimum absolute atomic E-state index is 0.0248. The van der Waals surface area contributed by atoms with E-state index < -0.39 is 65.0 Å². The summed E-state index contributed by atoms with van der Waals surface area (Å²) in [6.07, 6.45) is -0.796. The van der Waals surface area contributed by atoms with E-state index in [1.54, 1.807) is 39.8 Å². The first-order chi connectivity index (χ1) is 22.6. The second-order valence-corrected chi connectivity index (χ2v) is 12.8. The van der Waals surface area contributed by atoms with Gasteiger partial charge in [0.1, 0.15) is 35.9 Å². The van der Waals surface area contributed by atoms with Gasteiger partial charge in [0, 0.05) is 5.92 Å². The smallest absolute Gasteiger partial charge is 0.408 e. The summed E-state index contributed by atoms with van der Waals surface area (Å²) in [4.78, 5) is 66.1. The van der Waals surface area contributed by atoms with Crippen molar-refractivity contribution in [2.24, 2.45) is 0 Å². The molecule has 0 saturated carbocycles. The van der Waals surface area contributed by atoms with Gasteiger partial charge in [0.15, 0.2) is 0 Å². The van der Waals surface area contributed by atoms with Crippen LogP contribution in [-0.2, 0) is 35.3 Å². The number of amides is 4. The van der Waals surface area contributed by atoms with E-state index in [0.717, 1.165) is 16.7 Å². The number of ether oxygens (including phenoxy) is 2. The molecule has 0 fully saturated rings. The number of esters is 1. The molecule has 0 saturated heterocycles. The van der Waals surface area contributed by atoms with Gasteiger partial charge in [-0.15, -0.1) is 0 Å². The first-order valence-corrected chi connectivity index (χ1v) is 15.8. The number of hydrogen-bond donors (Lipinski definition) is 4. The van der Waals surface area contributed by atoms with Crippen molar-refractivity contribution in [2.75, 3.05) is 0 Å². The molecular weight excluding hydrogens is 612 g/mol. The van der Waals surface area contributed by atoms with Gasteiger partial charge in [-0.3, -0.25) is 14.4 Å². The fourth-order valence-electron chi connectivity index (χ4n) is 4.98. The zero-order valence-corrected chi connectivity index (χ0v) is 28.5. The Morgan fingerprint density at radius 1 is 0.625 bits per heavy atom. The Bertz CT molecular complexity index is 1500. The molecule has 4 N–H and O–H groups in total. The van der Waals surface area contributed by atoms with Gasteiger partial charge in [0.2, 0.25) is 17.7 Å². The zero-order chi connectivity index (χ0) is 35.5. The molecule has 0 radical (unpaired) electrons. The van der Waals surface area contributed by atoms with Crippen LogP contribution in [-0.4, -0.2) is 59.0 Å². The highest BCUT2D eigenvalue weighted by Crippen LogP contribution is 2.35. The molecule has 0 aromatic heterocycles. The van der Waals surface area contributed by atoms with Crippen LogP contribution >= 0.6 is 0 Å². The summed E-state index contributed by atoms with van der Waals surface area (Å²) in [6.45, 7) is 11.2. The van der Waals surface area contributed by atoms with Crippen molar-refractivity contribution in [3.63, 3.8) is 0 Å². The van der Waals surface area contributed by atoms with Gasteiger partial charge in [-0.05, 0) is 65.2 Å². The van der Waals surface area contributed by atoms with Gasteiger partial charge in [-0.25, -0.2) is 9.59 Å². The van der Waals surface area contributed by atoms with Crippen LogP contribution in [0.25, 0.3) is 0 Å². The largest absolute Gasteiger partial charge is 0.458 e. The van der Waals surface area contributed by atoms with Crippen LogP contribution in [0.3, 0.4) is 0 Å². The quantitative estimate of drug-likeness (QED) is 0.199. The summed E-state index contributed by atoms with van der Waals surface area (Å²) in [6, 6.07) is 24.3. The van der Waals surface area contributed by atoms with Crippen LogP contribution in [0.4, 0.5) is 4.79 Å². The van der Waals surface area contributed by atoms with E-state index in [-0.39, 0.29) is 6.61 Å². The Morgan fingerprint density at radius 3 is 1.60 bits per heavy atom. The minimum Gasteiger partial charge on any atom is -0.458 e. The number of benzene rings is 3. The van der Waals surface area contributed by atoms with E-state index in [2.05, 4.69) is 21.3 Å². The first-order valence-electron chi connectivity index (χ1n) is 15.8. The van der Waals surface area contributed by atoms with Crippen molar-refractivity contribution in [1.82, 2.24) is 21.3 Å². The zero-order valence-electron chi connectivity index (χ0n) is 28.5. The lowest BCUT2D eigenvalue weighted by Crippen LogP contribution is -2.65. The standard InChI is InChI=1S/C37H46N4O7/c1-24(40-35(46)47-23-27-17-11-8-12-18-27)31(42)38-25(2)32(43)41-37(7,34(45)39-26(3)33(44)48-36(4,5)6)30(28-19-13-9-14-20-28)29-21-15-10-16-22-29/h8-22,24-26,30H,23H2,1-7H3,(H,38,42)(H,39,45)(H,40,46)(H,41,43)/t24-,25-,26-,37-/m1/s1. The van der Waals surface area contributed by atoms with Crippen LogP contribution in [0.1, 0.15) is 71.1 Å². The molecule has 0 aliphatic carbocycles. The molecule has 4 amide bonds. The summed E-state index contributed by atoms with van der Waals surface area (Å²) in [5.41, 5.74) is -0.194. The van der Waals surface area contributed by atoms with E-state index in [1.807, 2.05) is 78.9 Å². The fraction of sp³-hybridized carbons (Fsp3) is 0.378. The number of nitrogens with one attached hydrogen (secondary N) is 4. The molecule has 0 aliphatic heterocycles. The van der Waals surface area contributed by atoms with E-state index in [9.17, 15) is 24.0 Å². The molecule has 256 valence electrons. The molecule has 0 aliphatic rings. The molecule has 3 aromatic rings. The Morgan fingerprint density at radius 2 is 1.10 bits per heavy atom. The second-order valence-electron chi connectivity index (χ2n) is 12.8. The summed E-state index contributed by atoms with van der Waals surface area (Å²) in [7, 11) is 0. The SMILES string of the molecule is C[C@@H](NC(=O)OCc1ccccc1)C(=O)N[C@H](C)C(=O)N[C@@](C)(C(=O)N[C@H](C)C(=O)OC(C)(C)C)C(c1ccccc1)c1ccccc1. The number of rotatable bonds is 13. The van der Waals surface area contributed by atoms with E-state index in [1.165, 1.54) is 20.8 Å². The van der Waals surface area contributed by atoms with Gasteiger partial charge in [-0.1, -0.05) is 91.0 Å². The average Bonchev–Trinajstić information content (AvgIpc) is 3.04. The molecule has 3 aromatic carbocycles. The third-order valence-corrected chi connectivity index (χ3v) is 7.50. The molecule has 0 spiro atoms. The third kappa shape index (κ3) is 10.7. The third-order valence-electron chi connectivity index (χ3n) is 7.50. The molecule has 0 bridgehead atoms. The highest BCUT2D eigenvalue weighted by Gasteiger charge is 2.46. The lowest BCUT2D eigenvalue weighted by Gasteiger charge is -2.39. The summed E-state index contributed by atoms with van der Waals surface area (Å²) in [5.74, 6) is -3.28. The normalized spacial score (nSPS) is 14.3. The average molecular weight is 659 g/mol. The van der Waals surface area contributed by atoms with E-state index in [4.69, 9.17) is 9.47 Å². The molecule has 11 nitrogen and oxygen atoms in total. The highest BCUT2D eigenvalue weighted by atomic mass is 16.6. The van der Waals surface area contributed by atoms with Gasteiger partial charge >= 0.3 is 12.1 Å². The van der Waals surface area contributed by atoms with Crippen LogP contribution in [0.2, 0.25) is 0 Å².